The molecule has 1 atom stereocenters. The number of nitrogens with zero attached hydrogens (tertiary/aromatic N) is 3. The maximum absolute atomic E-state index is 12.4. The second kappa shape index (κ2) is 10.1. The van der Waals surface area contributed by atoms with Crippen LogP contribution in [0.25, 0.3) is 0 Å². The Morgan fingerprint density at radius 1 is 1.21 bits per heavy atom. The number of carbonyl (C=O) groups is 2. The fraction of sp³-hybridized carbons (Fsp3) is 0.500. The van der Waals surface area contributed by atoms with Crippen LogP contribution in [-0.4, -0.2) is 38.4 Å². The molecule has 2 aromatic rings. The van der Waals surface area contributed by atoms with E-state index in [1.807, 2.05) is 18.5 Å². The van der Waals surface area contributed by atoms with Crippen molar-refractivity contribution in [2.24, 2.45) is 7.05 Å². The van der Waals surface area contributed by atoms with Crippen LogP contribution < -0.4 is 10.6 Å². The van der Waals surface area contributed by atoms with Gasteiger partial charge >= 0.3 is 0 Å². The van der Waals surface area contributed by atoms with Gasteiger partial charge in [-0.3, -0.25) is 9.59 Å². The van der Waals surface area contributed by atoms with Crippen molar-refractivity contribution < 1.29 is 9.59 Å². The van der Waals surface area contributed by atoms with Crippen LogP contribution in [0, 0.1) is 0 Å². The molecule has 1 aliphatic rings. The van der Waals surface area contributed by atoms with Crippen molar-refractivity contribution in [3.05, 3.63) is 40.7 Å². The normalized spacial score (nSPS) is 15.7. The Morgan fingerprint density at radius 3 is 2.59 bits per heavy atom. The van der Waals surface area contributed by atoms with E-state index >= 15 is 0 Å². The minimum atomic E-state index is -0.332. The number of carbonyl (C=O) groups excluding carboxylic acids is 2. The van der Waals surface area contributed by atoms with Gasteiger partial charge in [-0.15, -0.1) is 10.2 Å². The average molecular weight is 436 g/mol. The third kappa shape index (κ3) is 5.96. The molecule has 0 aliphatic heterocycles. The van der Waals surface area contributed by atoms with E-state index in [1.165, 1.54) is 31.0 Å². The Kier molecular flexibility index (Phi) is 7.55. The molecule has 1 aromatic heterocycles. The molecule has 2 N–H and O–H groups in total. The Morgan fingerprint density at radius 2 is 1.90 bits per heavy atom. The summed E-state index contributed by atoms with van der Waals surface area (Å²) in [4.78, 5) is 24.6. The molecule has 1 saturated carbocycles. The van der Waals surface area contributed by atoms with Crippen molar-refractivity contribution in [2.45, 2.75) is 56.3 Å². The number of aromatic nitrogens is 3. The number of halogens is 1. The molecule has 1 aliphatic carbocycles. The zero-order valence-corrected chi connectivity index (χ0v) is 18.2. The smallest absolute Gasteiger partial charge is 0.251 e. The van der Waals surface area contributed by atoms with E-state index < -0.39 is 0 Å². The highest BCUT2D eigenvalue weighted by atomic mass is 35.5. The molecule has 0 radical (unpaired) electrons. The van der Waals surface area contributed by atoms with Crippen LogP contribution in [0.5, 0.6) is 0 Å². The van der Waals surface area contributed by atoms with Crippen LogP contribution in [-0.2, 0) is 11.8 Å². The van der Waals surface area contributed by atoms with Crippen molar-refractivity contribution >= 4 is 35.2 Å². The lowest BCUT2D eigenvalue weighted by Gasteiger charge is -2.22. The molecule has 0 saturated heterocycles. The van der Waals surface area contributed by atoms with Gasteiger partial charge in [-0.2, -0.15) is 0 Å². The van der Waals surface area contributed by atoms with Crippen LogP contribution in [0.4, 0.5) is 0 Å². The third-order valence-electron chi connectivity index (χ3n) is 5.01. The Balaban J connectivity index is 1.53. The summed E-state index contributed by atoms with van der Waals surface area (Å²) < 4.78 is 1.81. The quantitative estimate of drug-likeness (QED) is 0.649. The Labute approximate surface area is 180 Å². The summed E-state index contributed by atoms with van der Waals surface area (Å²) in [5.74, 6) is 0.741. The van der Waals surface area contributed by atoms with Gasteiger partial charge in [-0.25, -0.2) is 0 Å². The first kappa shape index (κ1) is 21.6. The minimum absolute atomic E-state index is 0.0236. The zero-order valence-electron chi connectivity index (χ0n) is 16.7. The minimum Gasteiger partial charge on any atom is -0.353 e. The van der Waals surface area contributed by atoms with Gasteiger partial charge in [0.2, 0.25) is 5.91 Å². The zero-order chi connectivity index (χ0) is 20.8. The molecule has 29 heavy (non-hydrogen) atoms. The van der Waals surface area contributed by atoms with Crippen molar-refractivity contribution in [3.63, 3.8) is 0 Å². The summed E-state index contributed by atoms with van der Waals surface area (Å²) in [6.45, 7) is 1.85. The number of rotatable bonds is 7. The predicted octanol–water partition coefficient (Wildman–Crippen LogP) is 3.50. The Hall–Kier alpha value is -2.06. The molecule has 9 heteroatoms. The van der Waals surface area contributed by atoms with Crippen molar-refractivity contribution in [1.82, 2.24) is 25.4 Å². The van der Waals surface area contributed by atoms with E-state index in [2.05, 4.69) is 20.8 Å². The second-order valence-corrected chi connectivity index (χ2v) is 8.67. The third-order valence-corrected chi connectivity index (χ3v) is 6.28. The van der Waals surface area contributed by atoms with Gasteiger partial charge in [0.1, 0.15) is 0 Å². The van der Waals surface area contributed by atoms with Gasteiger partial charge in [0.25, 0.3) is 5.91 Å². The fourth-order valence-corrected chi connectivity index (χ4v) is 4.28. The molecule has 2 amide bonds. The topological polar surface area (TPSA) is 88.9 Å². The fourth-order valence-electron chi connectivity index (χ4n) is 3.42. The van der Waals surface area contributed by atoms with Gasteiger partial charge in [-0.1, -0.05) is 42.6 Å². The van der Waals surface area contributed by atoms with Crippen LogP contribution in [0.2, 0.25) is 5.02 Å². The molecule has 3 rings (SSSR count). The molecule has 156 valence electrons. The van der Waals surface area contributed by atoms with Crippen LogP contribution in [0.15, 0.2) is 29.4 Å². The lowest BCUT2D eigenvalue weighted by molar-refractivity contribution is -0.119. The van der Waals surface area contributed by atoms with E-state index in [0.29, 0.717) is 33.4 Å². The first-order chi connectivity index (χ1) is 13.9. The lowest BCUT2D eigenvalue weighted by atomic mass is 9.95. The van der Waals surface area contributed by atoms with Crippen LogP contribution >= 0.6 is 23.4 Å². The highest BCUT2D eigenvalue weighted by Gasteiger charge is 2.20. The van der Waals surface area contributed by atoms with Crippen LogP contribution in [0.1, 0.15) is 61.3 Å². The number of benzene rings is 1. The molecule has 0 spiro atoms. The first-order valence-electron chi connectivity index (χ1n) is 9.82. The van der Waals surface area contributed by atoms with E-state index in [-0.39, 0.29) is 17.9 Å². The van der Waals surface area contributed by atoms with Crippen molar-refractivity contribution in [1.29, 1.82) is 0 Å². The van der Waals surface area contributed by atoms with Gasteiger partial charge < -0.3 is 15.2 Å². The summed E-state index contributed by atoms with van der Waals surface area (Å²) >= 11 is 7.21. The highest BCUT2D eigenvalue weighted by molar-refractivity contribution is 7.99. The first-order valence-corrected chi connectivity index (χ1v) is 11.2. The number of thioether (sulfide) groups is 1. The maximum atomic E-state index is 12.4. The standard InChI is InChI=1S/C20H26ClN5O2S/c1-13(22-19(28)14-8-10-15(21)11-9-14)18-24-25-20(26(18)2)29-12-17(27)23-16-6-4-3-5-7-16/h8-11,13,16H,3-7,12H2,1-2H3,(H,22,28)(H,23,27)/t13-/m0/s1. The van der Waals surface area contributed by atoms with E-state index in [9.17, 15) is 9.59 Å². The number of nitrogens with one attached hydrogen (secondary N) is 2. The predicted molar refractivity (Wildman–Crippen MR) is 114 cm³/mol. The SMILES string of the molecule is C[C@H](NC(=O)c1ccc(Cl)cc1)c1nnc(SCC(=O)NC2CCCCC2)n1C. The van der Waals surface area contributed by atoms with Crippen molar-refractivity contribution in [2.75, 3.05) is 5.75 Å². The number of hydrogen-bond acceptors (Lipinski definition) is 5. The molecule has 7 nitrogen and oxygen atoms in total. The Bertz CT molecular complexity index is 849. The molecule has 1 fully saturated rings. The van der Waals surface area contributed by atoms with E-state index in [1.54, 1.807) is 24.3 Å². The van der Waals surface area contributed by atoms with Crippen LogP contribution in [0.3, 0.4) is 0 Å². The summed E-state index contributed by atoms with van der Waals surface area (Å²) in [6, 6.07) is 6.67. The second-order valence-electron chi connectivity index (χ2n) is 7.29. The van der Waals surface area contributed by atoms with Gasteiger partial charge in [0, 0.05) is 23.7 Å². The summed E-state index contributed by atoms with van der Waals surface area (Å²) in [6.07, 6.45) is 5.76. The molecular weight excluding hydrogens is 410 g/mol. The van der Waals surface area contributed by atoms with Gasteiger partial charge in [0.15, 0.2) is 11.0 Å². The summed E-state index contributed by atoms with van der Waals surface area (Å²) in [5, 5.41) is 15.6. The molecule has 1 aromatic carbocycles. The lowest BCUT2D eigenvalue weighted by Crippen LogP contribution is -2.37. The number of hydrogen-bond donors (Lipinski definition) is 2. The molecule has 0 unspecified atom stereocenters. The van der Waals surface area contributed by atoms with Gasteiger partial charge in [0.05, 0.1) is 11.8 Å². The van der Waals surface area contributed by atoms with Gasteiger partial charge in [-0.05, 0) is 44.0 Å². The summed E-state index contributed by atoms with van der Waals surface area (Å²) in [5.41, 5.74) is 0.525. The molecule has 1 heterocycles. The average Bonchev–Trinajstić information content (AvgIpc) is 3.08. The van der Waals surface area contributed by atoms with E-state index in [4.69, 9.17) is 11.6 Å². The number of amides is 2. The monoisotopic (exact) mass is 435 g/mol. The largest absolute Gasteiger partial charge is 0.353 e. The van der Waals surface area contributed by atoms with Crippen molar-refractivity contribution in [3.8, 4) is 0 Å². The van der Waals surface area contributed by atoms with E-state index in [0.717, 1.165) is 12.8 Å². The molecule has 0 bridgehead atoms. The summed E-state index contributed by atoms with van der Waals surface area (Å²) in [7, 11) is 1.83. The highest BCUT2D eigenvalue weighted by Crippen LogP contribution is 2.21. The maximum Gasteiger partial charge on any atom is 0.251 e. The molecular formula is C20H26ClN5O2S.